The number of alkyl halides is 1. The molecular weight excluding hydrogens is 357 g/mol. The monoisotopic (exact) mass is 375 g/mol. The third kappa shape index (κ3) is 3.47. The summed E-state index contributed by atoms with van der Waals surface area (Å²) in [5.74, 6) is 0.163. The maximum absolute atomic E-state index is 13.8. The Hall–Kier alpha value is -2.71. The molecule has 0 saturated carbocycles. The van der Waals surface area contributed by atoms with E-state index in [0.717, 1.165) is 5.56 Å². The summed E-state index contributed by atoms with van der Waals surface area (Å²) >= 11 is 0. The summed E-state index contributed by atoms with van der Waals surface area (Å²) < 4.78 is 38.2. The molecule has 0 radical (unpaired) electrons. The zero-order chi connectivity index (χ0) is 19.1. The molecule has 8 heteroatoms. The highest BCUT2D eigenvalue weighted by molar-refractivity contribution is 7.89. The van der Waals surface area contributed by atoms with Gasteiger partial charge in [-0.1, -0.05) is 0 Å². The number of phenolic OH excluding ortho intramolecular Hbond substituents is 1. The summed E-state index contributed by atoms with van der Waals surface area (Å²) in [6.07, 6.45) is -1.27. The third-order valence-corrected chi connectivity index (χ3v) is 4.97. The van der Waals surface area contributed by atoms with Crippen molar-refractivity contribution in [3.8, 4) is 22.7 Å². The molecule has 26 heavy (non-hydrogen) atoms. The van der Waals surface area contributed by atoms with E-state index in [1.807, 2.05) is 0 Å². The van der Waals surface area contributed by atoms with Gasteiger partial charge in [-0.3, -0.25) is 0 Å². The van der Waals surface area contributed by atoms with Crippen LogP contribution in [0.1, 0.15) is 24.4 Å². The highest BCUT2D eigenvalue weighted by Crippen LogP contribution is 2.30. The van der Waals surface area contributed by atoms with Crippen molar-refractivity contribution in [1.29, 1.82) is 0 Å². The number of aromatic nitrogens is 2. The van der Waals surface area contributed by atoms with E-state index in [1.165, 1.54) is 23.7 Å². The number of halogens is 1. The molecule has 0 aliphatic rings. The number of phenols is 1. The number of primary sulfonamides is 1. The van der Waals surface area contributed by atoms with Gasteiger partial charge in [0.25, 0.3) is 0 Å². The SMILES string of the molecule is Cc1cc(-c2cc(C(C)F)nn2-c2ccc(S(N)(=O)=O)cc2)ccc1O. The molecule has 6 nitrogen and oxygen atoms in total. The minimum atomic E-state index is -3.80. The van der Waals surface area contributed by atoms with E-state index >= 15 is 0 Å². The minimum absolute atomic E-state index is 0.0190. The van der Waals surface area contributed by atoms with Crippen LogP contribution in [0.15, 0.2) is 53.4 Å². The molecule has 3 N–H and O–H groups in total. The van der Waals surface area contributed by atoms with Crippen LogP contribution in [0, 0.1) is 6.92 Å². The van der Waals surface area contributed by atoms with Gasteiger partial charge in [-0.2, -0.15) is 5.10 Å². The lowest BCUT2D eigenvalue weighted by atomic mass is 10.1. The molecule has 1 atom stereocenters. The molecule has 1 heterocycles. The topological polar surface area (TPSA) is 98.2 Å². The number of nitrogens with two attached hydrogens (primary N) is 1. The fourth-order valence-corrected chi connectivity index (χ4v) is 3.10. The summed E-state index contributed by atoms with van der Waals surface area (Å²) in [6.45, 7) is 3.15. The van der Waals surface area contributed by atoms with Crippen molar-refractivity contribution in [3.63, 3.8) is 0 Å². The van der Waals surface area contributed by atoms with Crippen molar-refractivity contribution >= 4 is 10.0 Å². The molecule has 0 bridgehead atoms. The third-order valence-electron chi connectivity index (χ3n) is 4.04. The van der Waals surface area contributed by atoms with Crippen LogP contribution in [-0.4, -0.2) is 23.3 Å². The van der Waals surface area contributed by atoms with Gasteiger partial charge in [0.2, 0.25) is 10.0 Å². The lowest BCUT2D eigenvalue weighted by molar-refractivity contribution is 0.364. The Labute approximate surface area is 150 Å². The Bertz CT molecular complexity index is 1060. The lowest BCUT2D eigenvalue weighted by Crippen LogP contribution is -2.12. The predicted molar refractivity (Wildman–Crippen MR) is 96.3 cm³/mol. The number of rotatable bonds is 4. The van der Waals surface area contributed by atoms with E-state index in [1.54, 1.807) is 43.3 Å². The summed E-state index contributed by atoms with van der Waals surface area (Å²) in [5.41, 5.74) is 2.85. The molecule has 0 spiro atoms. The van der Waals surface area contributed by atoms with Crippen molar-refractivity contribution < 1.29 is 17.9 Å². The molecule has 0 aliphatic heterocycles. The van der Waals surface area contributed by atoms with E-state index in [9.17, 15) is 17.9 Å². The van der Waals surface area contributed by atoms with E-state index < -0.39 is 16.2 Å². The van der Waals surface area contributed by atoms with Gasteiger partial charge in [-0.25, -0.2) is 22.6 Å². The number of aromatic hydroxyl groups is 1. The summed E-state index contributed by atoms with van der Waals surface area (Å²) in [7, 11) is -3.80. The first-order valence-electron chi connectivity index (χ1n) is 7.84. The van der Waals surface area contributed by atoms with Gasteiger partial charge < -0.3 is 5.11 Å². The smallest absolute Gasteiger partial charge is 0.238 e. The van der Waals surface area contributed by atoms with E-state index in [2.05, 4.69) is 5.10 Å². The maximum atomic E-state index is 13.8. The van der Waals surface area contributed by atoms with Gasteiger partial charge in [0.15, 0.2) is 0 Å². The van der Waals surface area contributed by atoms with Gasteiger partial charge in [-0.15, -0.1) is 0 Å². The second-order valence-corrected chi connectivity index (χ2v) is 7.58. The molecule has 1 unspecified atom stereocenters. The average molecular weight is 375 g/mol. The Morgan fingerprint density at radius 2 is 1.81 bits per heavy atom. The van der Waals surface area contributed by atoms with Crippen LogP contribution in [0.4, 0.5) is 4.39 Å². The van der Waals surface area contributed by atoms with Gasteiger partial charge in [0.1, 0.15) is 11.9 Å². The lowest BCUT2D eigenvalue weighted by Gasteiger charge is -2.09. The summed E-state index contributed by atoms with van der Waals surface area (Å²) in [4.78, 5) is -0.0190. The second-order valence-electron chi connectivity index (χ2n) is 6.02. The van der Waals surface area contributed by atoms with Gasteiger partial charge in [-0.05, 0) is 67.9 Å². The van der Waals surface area contributed by atoms with Crippen LogP contribution in [0.2, 0.25) is 0 Å². The van der Waals surface area contributed by atoms with E-state index in [-0.39, 0.29) is 16.3 Å². The number of hydrogen-bond acceptors (Lipinski definition) is 4. The highest BCUT2D eigenvalue weighted by Gasteiger charge is 2.17. The van der Waals surface area contributed by atoms with Gasteiger partial charge in [0.05, 0.1) is 22.0 Å². The molecule has 0 aliphatic carbocycles. The fourth-order valence-electron chi connectivity index (χ4n) is 2.59. The molecule has 136 valence electrons. The molecule has 2 aromatic carbocycles. The van der Waals surface area contributed by atoms with E-state index in [4.69, 9.17) is 5.14 Å². The highest BCUT2D eigenvalue weighted by atomic mass is 32.2. The number of hydrogen-bond donors (Lipinski definition) is 2. The van der Waals surface area contributed by atoms with Crippen LogP contribution < -0.4 is 5.14 Å². The van der Waals surface area contributed by atoms with Crippen LogP contribution in [-0.2, 0) is 10.0 Å². The quantitative estimate of drug-likeness (QED) is 0.731. The van der Waals surface area contributed by atoms with Gasteiger partial charge in [0, 0.05) is 5.56 Å². The van der Waals surface area contributed by atoms with E-state index in [0.29, 0.717) is 16.9 Å². The van der Waals surface area contributed by atoms with Crippen LogP contribution in [0.5, 0.6) is 5.75 Å². The number of aryl methyl sites for hydroxylation is 1. The standard InChI is InChI=1S/C18H18FN3O3S/c1-11-9-13(3-8-18(11)23)17-10-16(12(2)19)21-22(17)14-4-6-15(7-5-14)26(20,24)25/h3-10,12,23H,1-2H3,(H2,20,24,25). The fraction of sp³-hybridized carbons (Fsp3) is 0.167. The van der Waals surface area contributed by atoms with Crippen molar-refractivity contribution in [2.45, 2.75) is 24.9 Å². The molecule has 0 fully saturated rings. The Balaban J connectivity index is 2.15. The Kier molecular flexibility index (Phi) is 4.55. The molecule has 3 rings (SSSR count). The van der Waals surface area contributed by atoms with Crippen LogP contribution in [0.25, 0.3) is 16.9 Å². The Morgan fingerprint density at radius 1 is 1.15 bits per heavy atom. The van der Waals surface area contributed by atoms with Crippen molar-refractivity contribution in [2.24, 2.45) is 5.14 Å². The zero-order valence-corrected chi connectivity index (χ0v) is 15.0. The van der Waals surface area contributed by atoms with Crippen LogP contribution >= 0.6 is 0 Å². The first-order chi connectivity index (χ1) is 12.2. The zero-order valence-electron chi connectivity index (χ0n) is 14.2. The maximum Gasteiger partial charge on any atom is 0.238 e. The summed E-state index contributed by atoms with van der Waals surface area (Å²) in [6, 6.07) is 12.5. The van der Waals surface area contributed by atoms with Crippen molar-refractivity contribution in [2.75, 3.05) is 0 Å². The molecule has 0 amide bonds. The second kappa shape index (κ2) is 6.54. The molecule has 1 aromatic heterocycles. The normalized spacial score (nSPS) is 12.9. The summed E-state index contributed by atoms with van der Waals surface area (Å²) in [5, 5.41) is 19.1. The molecule has 3 aromatic rings. The number of sulfonamides is 1. The Morgan fingerprint density at radius 3 is 2.35 bits per heavy atom. The molecular formula is C18H18FN3O3S. The van der Waals surface area contributed by atoms with Crippen molar-refractivity contribution in [3.05, 3.63) is 59.8 Å². The largest absolute Gasteiger partial charge is 0.508 e. The number of benzene rings is 2. The van der Waals surface area contributed by atoms with Crippen molar-refractivity contribution in [1.82, 2.24) is 9.78 Å². The first kappa shape index (κ1) is 18.1. The number of nitrogens with zero attached hydrogens (tertiary/aromatic N) is 2. The first-order valence-corrected chi connectivity index (χ1v) is 9.38. The predicted octanol–water partition coefficient (Wildman–Crippen LogP) is 3.23. The average Bonchev–Trinajstić information content (AvgIpc) is 3.02. The molecule has 0 saturated heterocycles. The van der Waals surface area contributed by atoms with Crippen LogP contribution in [0.3, 0.4) is 0 Å². The van der Waals surface area contributed by atoms with Gasteiger partial charge >= 0.3 is 0 Å². The minimum Gasteiger partial charge on any atom is -0.508 e.